The highest BCUT2D eigenvalue weighted by atomic mass is 16.7. The van der Waals surface area contributed by atoms with E-state index in [1.165, 1.54) is 14.2 Å². The molecule has 15 nitrogen and oxygen atoms in total. The molecule has 1 aliphatic heterocycles. The number of carbonyl (C=O) groups excluding carboxylic acids is 6. The van der Waals surface area contributed by atoms with E-state index in [-0.39, 0.29) is 12.1 Å². The van der Waals surface area contributed by atoms with Gasteiger partial charge in [0.05, 0.1) is 14.2 Å². The van der Waals surface area contributed by atoms with Crippen LogP contribution in [0.25, 0.3) is 0 Å². The van der Waals surface area contributed by atoms with Crippen molar-refractivity contribution in [2.24, 2.45) is 0 Å². The van der Waals surface area contributed by atoms with Crippen molar-refractivity contribution in [3.63, 3.8) is 0 Å². The summed E-state index contributed by atoms with van der Waals surface area (Å²) in [6.45, 7) is 4.24. The monoisotopic (exact) mass is 659 g/mol. The Morgan fingerprint density at radius 1 is 0.723 bits per heavy atom. The van der Waals surface area contributed by atoms with Gasteiger partial charge in [-0.2, -0.15) is 0 Å². The molecule has 1 N–H and O–H groups in total. The predicted octanol–water partition coefficient (Wildman–Crippen LogP) is 1.73. The zero-order valence-corrected chi connectivity index (χ0v) is 26.7. The van der Waals surface area contributed by atoms with Crippen molar-refractivity contribution < 1.29 is 66.7 Å². The van der Waals surface area contributed by atoms with Crippen LogP contribution < -0.4 is 14.8 Å². The Morgan fingerprint density at radius 3 is 1.87 bits per heavy atom. The van der Waals surface area contributed by atoms with Gasteiger partial charge in [-0.3, -0.25) is 24.0 Å². The Kier molecular flexibility index (Phi) is 13.1. The summed E-state index contributed by atoms with van der Waals surface area (Å²) < 4.78 is 42.9. The lowest BCUT2D eigenvalue weighted by Gasteiger charge is -2.42. The average Bonchev–Trinajstić information content (AvgIpc) is 3.01. The van der Waals surface area contributed by atoms with Crippen LogP contribution >= 0.6 is 0 Å². The van der Waals surface area contributed by atoms with E-state index >= 15 is 0 Å². The van der Waals surface area contributed by atoms with Crippen molar-refractivity contribution in [3.8, 4) is 11.5 Å². The topological polar surface area (TPSA) is 188 Å². The third-order valence-electron chi connectivity index (χ3n) is 6.65. The highest BCUT2D eigenvalue weighted by Gasteiger charge is 2.56. The molecule has 1 amide bonds. The highest BCUT2D eigenvalue weighted by molar-refractivity contribution is 5.86. The van der Waals surface area contributed by atoms with Crippen LogP contribution in [0.4, 0.5) is 0 Å². The second-order valence-electron chi connectivity index (χ2n) is 10.2. The second kappa shape index (κ2) is 16.9. The van der Waals surface area contributed by atoms with Crippen LogP contribution in [0.15, 0.2) is 48.5 Å². The maximum Gasteiger partial charge on any atom is 0.340 e. The molecular weight excluding hydrogens is 622 g/mol. The van der Waals surface area contributed by atoms with Gasteiger partial charge in [-0.25, -0.2) is 4.79 Å². The molecule has 3 rings (SSSR count). The number of esters is 5. The van der Waals surface area contributed by atoms with E-state index in [2.05, 4.69) is 5.32 Å². The van der Waals surface area contributed by atoms with Crippen LogP contribution in [-0.4, -0.2) is 87.2 Å². The number of ether oxygens (including phenoxy) is 8. The Bertz CT molecular complexity index is 1440. The fraction of sp³-hybridized carbons (Fsp3) is 0.438. The van der Waals surface area contributed by atoms with Crippen molar-refractivity contribution in [3.05, 3.63) is 59.7 Å². The van der Waals surface area contributed by atoms with Crippen molar-refractivity contribution in [1.82, 2.24) is 5.32 Å². The molecule has 0 spiro atoms. The zero-order valence-electron chi connectivity index (χ0n) is 26.7. The number of hydrogen-bond acceptors (Lipinski definition) is 14. The number of amides is 1. The first kappa shape index (κ1) is 36.3. The largest absolute Gasteiger partial charge is 0.493 e. The predicted molar refractivity (Wildman–Crippen MR) is 159 cm³/mol. The van der Waals surface area contributed by atoms with E-state index < -0.39 is 72.6 Å². The number of benzene rings is 2. The van der Waals surface area contributed by atoms with Gasteiger partial charge in [-0.05, 0) is 24.1 Å². The molecule has 1 aliphatic rings. The molecule has 0 bridgehead atoms. The summed E-state index contributed by atoms with van der Waals surface area (Å²) in [5, 5.41) is 2.74. The molecule has 0 aliphatic carbocycles. The number of hydrogen-bond donors (Lipinski definition) is 1. The van der Waals surface area contributed by atoms with Crippen LogP contribution in [0.3, 0.4) is 0 Å². The summed E-state index contributed by atoms with van der Waals surface area (Å²) in [6.07, 6.45) is -9.92. The fourth-order valence-corrected chi connectivity index (χ4v) is 4.76. The quantitative estimate of drug-likeness (QED) is 0.242. The number of methoxy groups -OCH3 is 2. The molecule has 2 aromatic rings. The molecular formula is C32H37NO14. The van der Waals surface area contributed by atoms with Crippen LogP contribution in [0.5, 0.6) is 11.5 Å². The van der Waals surface area contributed by atoms with Gasteiger partial charge in [0.2, 0.25) is 18.5 Å². The van der Waals surface area contributed by atoms with Crippen molar-refractivity contribution in [2.75, 3.05) is 20.8 Å². The Balaban J connectivity index is 1.90. The Hall–Kier alpha value is -5.18. The summed E-state index contributed by atoms with van der Waals surface area (Å²) in [5.41, 5.74) is 1.11. The van der Waals surface area contributed by atoms with Gasteiger partial charge in [-0.1, -0.05) is 36.4 Å². The first-order chi connectivity index (χ1) is 22.3. The maximum absolute atomic E-state index is 13.8. The summed E-state index contributed by atoms with van der Waals surface area (Å²) in [7, 11) is 3.02. The summed E-state index contributed by atoms with van der Waals surface area (Å²) in [6, 6.07) is 13.4. The van der Waals surface area contributed by atoms with Gasteiger partial charge in [0.15, 0.2) is 29.8 Å². The minimum atomic E-state index is -1.91. The lowest BCUT2D eigenvalue weighted by molar-refractivity contribution is -0.295. The van der Waals surface area contributed by atoms with Crippen molar-refractivity contribution >= 4 is 35.8 Å². The summed E-state index contributed by atoms with van der Waals surface area (Å²) in [4.78, 5) is 75.3. The third-order valence-corrected chi connectivity index (χ3v) is 6.65. The summed E-state index contributed by atoms with van der Waals surface area (Å²) >= 11 is 0. The van der Waals surface area contributed by atoms with Gasteiger partial charge in [0.1, 0.15) is 0 Å². The van der Waals surface area contributed by atoms with E-state index in [0.717, 1.165) is 33.3 Å². The van der Waals surface area contributed by atoms with Crippen LogP contribution in [0.1, 0.15) is 44.9 Å². The molecule has 0 radical (unpaired) electrons. The minimum absolute atomic E-state index is 0.137. The van der Waals surface area contributed by atoms with Crippen molar-refractivity contribution in [2.45, 2.75) is 70.9 Å². The van der Waals surface area contributed by atoms with Gasteiger partial charge >= 0.3 is 29.8 Å². The number of rotatable bonds is 13. The molecule has 0 unspecified atom stereocenters. The van der Waals surface area contributed by atoms with Crippen LogP contribution in [0, 0.1) is 0 Å². The molecule has 6 atom stereocenters. The molecule has 254 valence electrons. The lowest BCUT2D eigenvalue weighted by atomic mass is 9.97. The van der Waals surface area contributed by atoms with E-state index in [1.54, 1.807) is 48.5 Å². The lowest BCUT2D eigenvalue weighted by Crippen LogP contribution is -2.64. The van der Waals surface area contributed by atoms with Gasteiger partial charge < -0.3 is 43.2 Å². The molecule has 0 saturated carbocycles. The molecule has 2 aromatic carbocycles. The van der Waals surface area contributed by atoms with E-state index in [4.69, 9.17) is 37.9 Å². The molecule has 1 saturated heterocycles. The Labute approximate surface area is 270 Å². The average molecular weight is 660 g/mol. The van der Waals surface area contributed by atoms with Crippen LogP contribution in [0.2, 0.25) is 0 Å². The van der Waals surface area contributed by atoms with Gasteiger partial charge in [0, 0.05) is 39.8 Å². The smallest absolute Gasteiger partial charge is 0.340 e. The van der Waals surface area contributed by atoms with Crippen molar-refractivity contribution in [1.29, 1.82) is 0 Å². The van der Waals surface area contributed by atoms with E-state index in [1.807, 2.05) is 0 Å². The number of carbonyl (C=O) groups is 6. The molecule has 1 fully saturated rings. The third kappa shape index (κ3) is 10.2. The number of nitrogens with one attached hydrogen (secondary N) is 1. The fourth-order valence-electron chi connectivity index (χ4n) is 4.76. The molecule has 0 aromatic heterocycles. The standard InChI is InChI=1S/C32H37NO14/c1-17(34)42-26-27(43-18(2)35)29(44-19(3)36)32(45-20(4)37)47-28(26)31(39)46-25(22-10-8-7-9-11-22)30(38)33-15-14-21-12-13-23(40-5)24(16-21)41-6/h7-13,16,25-29,32H,14-15H2,1-6H3,(H,33,38)/t25-,26+,27-,28-,29+,32-/m0/s1. The molecule has 47 heavy (non-hydrogen) atoms. The first-order valence-corrected chi connectivity index (χ1v) is 14.4. The first-order valence-electron chi connectivity index (χ1n) is 14.4. The van der Waals surface area contributed by atoms with Crippen LogP contribution in [-0.2, 0) is 63.6 Å². The van der Waals surface area contributed by atoms with Gasteiger partial charge in [-0.15, -0.1) is 0 Å². The zero-order chi connectivity index (χ0) is 34.7. The van der Waals surface area contributed by atoms with E-state index in [9.17, 15) is 28.8 Å². The second-order valence-corrected chi connectivity index (χ2v) is 10.2. The molecule has 15 heteroatoms. The maximum atomic E-state index is 13.8. The Morgan fingerprint density at radius 2 is 1.30 bits per heavy atom. The highest BCUT2D eigenvalue weighted by Crippen LogP contribution is 2.32. The molecule has 1 heterocycles. The minimum Gasteiger partial charge on any atom is -0.493 e. The van der Waals surface area contributed by atoms with E-state index in [0.29, 0.717) is 17.9 Å². The van der Waals surface area contributed by atoms with Gasteiger partial charge in [0.25, 0.3) is 5.91 Å². The normalized spacial score (nSPS) is 20.9. The SMILES string of the molecule is COc1ccc(CCNC(=O)[C@@H](OC(=O)[C@H]2O[C@H](OC(C)=O)[C@H](OC(C)=O)[C@@H](OC(C)=O)[C@H]2OC(C)=O)c2ccccc2)cc1OC. The summed E-state index contributed by atoms with van der Waals surface area (Å²) in [5.74, 6) is -4.50.